The number of hydrogen-bond acceptors (Lipinski definition) is 3. The number of esters is 1. The zero-order chi connectivity index (χ0) is 41.9. The number of ether oxygens (including phenoxy) is 1. The summed E-state index contributed by atoms with van der Waals surface area (Å²) in [5.74, 6) is 2.18. The van der Waals surface area contributed by atoms with Crippen LogP contribution < -0.4 is 0 Å². The lowest BCUT2D eigenvalue weighted by Crippen LogP contribution is -2.45. The Morgan fingerprint density at radius 1 is 0.526 bits per heavy atom. The first kappa shape index (κ1) is 54.7. The van der Waals surface area contributed by atoms with E-state index in [2.05, 4.69) is 47.7 Å². The Bertz CT molecular complexity index is 880. The molecule has 0 heterocycles. The van der Waals surface area contributed by atoms with Crippen molar-refractivity contribution in [2.24, 2.45) is 17.8 Å². The molecule has 4 atom stereocenters. The summed E-state index contributed by atoms with van der Waals surface area (Å²) in [6.45, 7) is 19.7. The Kier molecular flexibility index (Phi) is 34.8. The minimum atomic E-state index is -1.76. The first-order chi connectivity index (χ1) is 27.5. The predicted molar refractivity (Wildman–Crippen MR) is 256 cm³/mol. The van der Waals surface area contributed by atoms with Gasteiger partial charge in [-0.25, -0.2) is 0 Å². The van der Waals surface area contributed by atoms with E-state index in [1.165, 1.54) is 231 Å². The standard InChI is InChI=1S/C53H106O3Si/c1-9-11-12-13-14-15-16-17-18-21-24-27-30-33-36-39-43-48(3)51(56-57(7,8)53(4,5)6)45-41-38-35-32-29-26-23-20-19-22-25-28-31-34-37-40-44-49-46-50(49)47-55-52(54)42-10-2/h48-51H,9-47H2,1-8H3/t48-,49-,50-,51-/m0/s1. The molecule has 0 saturated heterocycles. The van der Waals surface area contributed by atoms with Gasteiger partial charge in [0, 0.05) is 12.5 Å². The molecule has 3 nitrogen and oxygen atoms in total. The molecule has 0 N–H and O–H groups in total. The maximum atomic E-state index is 11.5. The molecule has 0 unspecified atom stereocenters. The van der Waals surface area contributed by atoms with Crippen LogP contribution in [0.1, 0.15) is 286 Å². The van der Waals surface area contributed by atoms with Gasteiger partial charge in [0.05, 0.1) is 6.61 Å². The maximum Gasteiger partial charge on any atom is 0.305 e. The summed E-state index contributed by atoms with van der Waals surface area (Å²) in [5.41, 5.74) is 0. The van der Waals surface area contributed by atoms with E-state index in [4.69, 9.17) is 9.16 Å². The highest BCUT2D eigenvalue weighted by Gasteiger charge is 2.40. The highest BCUT2D eigenvalue weighted by atomic mass is 28.4. The van der Waals surface area contributed by atoms with Crippen LogP contribution >= 0.6 is 0 Å². The van der Waals surface area contributed by atoms with Gasteiger partial charge in [0.15, 0.2) is 8.32 Å². The van der Waals surface area contributed by atoms with Crippen LogP contribution in [0.5, 0.6) is 0 Å². The number of carbonyl (C=O) groups is 1. The molecule has 1 fully saturated rings. The van der Waals surface area contributed by atoms with Crippen molar-refractivity contribution in [3.8, 4) is 0 Å². The zero-order valence-corrected chi connectivity index (χ0v) is 41.6. The lowest BCUT2D eigenvalue weighted by atomic mass is 9.93. The van der Waals surface area contributed by atoms with Crippen LogP contribution in [-0.2, 0) is 14.0 Å². The van der Waals surface area contributed by atoms with E-state index in [1.54, 1.807) is 0 Å². The Morgan fingerprint density at radius 2 is 0.895 bits per heavy atom. The van der Waals surface area contributed by atoms with E-state index in [9.17, 15) is 4.79 Å². The molecular formula is C53H106O3Si. The van der Waals surface area contributed by atoms with E-state index >= 15 is 0 Å². The van der Waals surface area contributed by atoms with E-state index in [1.807, 2.05) is 6.92 Å². The minimum Gasteiger partial charge on any atom is -0.465 e. The molecule has 1 saturated carbocycles. The second-order valence-corrected chi connectivity index (χ2v) is 25.7. The van der Waals surface area contributed by atoms with Crippen molar-refractivity contribution >= 4 is 14.3 Å². The maximum absolute atomic E-state index is 11.5. The Morgan fingerprint density at radius 3 is 1.28 bits per heavy atom. The molecule has 0 aromatic heterocycles. The largest absolute Gasteiger partial charge is 0.465 e. The summed E-state index contributed by atoms with van der Waals surface area (Å²) in [6.07, 6.45) is 53.0. The predicted octanol–water partition coefficient (Wildman–Crippen LogP) is 18.7. The molecule has 0 aliphatic heterocycles. The third kappa shape index (κ3) is 32.1. The van der Waals surface area contributed by atoms with Crippen molar-refractivity contribution in [3.05, 3.63) is 0 Å². The molecule has 1 aliphatic carbocycles. The van der Waals surface area contributed by atoms with Crippen molar-refractivity contribution in [1.82, 2.24) is 0 Å². The monoisotopic (exact) mass is 819 g/mol. The topological polar surface area (TPSA) is 35.5 Å². The zero-order valence-electron chi connectivity index (χ0n) is 40.6. The van der Waals surface area contributed by atoms with Gasteiger partial charge in [-0.15, -0.1) is 0 Å². The molecule has 1 aliphatic rings. The summed E-state index contributed by atoms with van der Waals surface area (Å²) < 4.78 is 12.5. The number of rotatable bonds is 43. The van der Waals surface area contributed by atoms with Crippen LogP contribution in [0, 0.1) is 17.8 Å². The normalized spacial score (nSPS) is 16.9. The van der Waals surface area contributed by atoms with Crippen molar-refractivity contribution in [2.45, 2.75) is 310 Å². The molecule has 0 spiro atoms. The fraction of sp³-hybridized carbons (Fsp3) is 0.981. The van der Waals surface area contributed by atoms with Gasteiger partial charge in [0.2, 0.25) is 0 Å². The third-order valence-electron chi connectivity index (χ3n) is 14.2. The third-order valence-corrected chi connectivity index (χ3v) is 18.7. The molecule has 0 aromatic carbocycles. The second-order valence-electron chi connectivity index (χ2n) is 20.9. The molecular weight excluding hydrogens is 713 g/mol. The summed E-state index contributed by atoms with van der Waals surface area (Å²) in [7, 11) is -1.76. The second kappa shape index (κ2) is 36.3. The van der Waals surface area contributed by atoms with Gasteiger partial charge in [0.1, 0.15) is 0 Å². The van der Waals surface area contributed by atoms with Gasteiger partial charge in [-0.2, -0.15) is 0 Å². The number of hydrogen-bond donors (Lipinski definition) is 0. The Labute approximate surface area is 361 Å². The SMILES string of the molecule is CCCCCCCCCCCCCCCCCC[C@H](C)[C@H](CCCCCCCCCCCCCCCCCC[C@H]1C[C@H]1COC(=O)CCC)O[Si](C)(C)C(C)(C)C. The quantitative estimate of drug-likeness (QED) is 0.0349. The van der Waals surface area contributed by atoms with Gasteiger partial charge in [-0.3, -0.25) is 4.79 Å². The van der Waals surface area contributed by atoms with Crippen LogP contribution in [0.15, 0.2) is 0 Å². The van der Waals surface area contributed by atoms with Crippen molar-refractivity contribution in [3.63, 3.8) is 0 Å². The molecule has 0 amide bonds. The highest BCUT2D eigenvalue weighted by Crippen LogP contribution is 2.43. The molecule has 57 heavy (non-hydrogen) atoms. The van der Waals surface area contributed by atoms with Gasteiger partial charge in [-0.1, -0.05) is 253 Å². The van der Waals surface area contributed by atoms with Crippen LogP contribution in [-0.4, -0.2) is 27.0 Å². The van der Waals surface area contributed by atoms with E-state index in [0.717, 1.165) is 12.3 Å². The van der Waals surface area contributed by atoms with Crippen molar-refractivity contribution < 1.29 is 14.0 Å². The number of unbranched alkanes of at least 4 members (excludes halogenated alkanes) is 30. The van der Waals surface area contributed by atoms with Gasteiger partial charge in [-0.05, 0) is 61.6 Å². The number of carbonyl (C=O) groups excluding carboxylic acids is 1. The molecule has 1 rings (SSSR count). The smallest absolute Gasteiger partial charge is 0.305 e. The first-order valence-electron chi connectivity index (χ1n) is 26.3. The molecule has 340 valence electrons. The summed E-state index contributed by atoms with van der Waals surface area (Å²) in [5, 5.41) is 0.287. The molecule has 0 radical (unpaired) electrons. The summed E-state index contributed by atoms with van der Waals surface area (Å²) >= 11 is 0. The fourth-order valence-electron chi connectivity index (χ4n) is 8.79. The van der Waals surface area contributed by atoms with E-state index in [-0.39, 0.29) is 11.0 Å². The summed E-state index contributed by atoms with van der Waals surface area (Å²) in [4.78, 5) is 11.5. The fourth-order valence-corrected chi connectivity index (χ4v) is 10.2. The first-order valence-corrected chi connectivity index (χ1v) is 29.3. The van der Waals surface area contributed by atoms with Gasteiger partial charge >= 0.3 is 5.97 Å². The van der Waals surface area contributed by atoms with Crippen molar-refractivity contribution in [2.75, 3.05) is 6.61 Å². The minimum absolute atomic E-state index is 0.00323. The van der Waals surface area contributed by atoms with Crippen LogP contribution in [0.25, 0.3) is 0 Å². The molecule has 0 bridgehead atoms. The summed E-state index contributed by atoms with van der Waals surface area (Å²) in [6, 6.07) is 0. The highest BCUT2D eigenvalue weighted by molar-refractivity contribution is 6.74. The van der Waals surface area contributed by atoms with Gasteiger partial charge < -0.3 is 9.16 Å². The van der Waals surface area contributed by atoms with Crippen LogP contribution in [0.3, 0.4) is 0 Å². The molecule has 0 aromatic rings. The average Bonchev–Trinajstić information content (AvgIpc) is 3.93. The average molecular weight is 820 g/mol. The lowest BCUT2D eigenvalue weighted by molar-refractivity contribution is -0.144. The van der Waals surface area contributed by atoms with Crippen LogP contribution in [0.2, 0.25) is 18.1 Å². The van der Waals surface area contributed by atoms with Crippen molar-refractivity contribution in [1.29, 1.82) is 0 Å². The van der Waals surface area contributed by atoms with E-state index in [0.29, 0.717) is 31.0 Å². The van der Waals surface area contributed by atoms with E-state index < -0.39 is 8.32 Å². The van der Waals surface area contributed by atoms with Gasteiger partial charge in [0.25, 0.3) is 0 Å². The Balaban J connectivity index is 2.01. The molecule has 4 heteroatoms. The Hall–Kier alpha value is -0.353. The van der Waals surface area contributed by atoms with Crippen LogP contribution in [0.4, 0.5) is 0 Å². The lowest BCUT2D eigenvalue weighted by Gasteiger charge is -2.41.